The maximum atomic E-state index is 12.5. The maximum absolute atomic E-state index is 12.5. The number of aromatic amines is 1. The van der Waals surface area contributed by atoms with Crippen LogP contribution in [0.4, 0.5) is 0 Å². The van der Waals surface area contributed by atoms with Crippen molar-refractivity contribution in [3.63, 3.8) is 0 Å². The Morgan fingerprint density at radius 2 is 2.10 bits per heavy atom. The summed E-state index contributed by atoms with van der Waals surface area (Å²) in [6.07, 6.45) is 0. The molecule has 1 aromatic carbocycles. The number of halogens is 1. The number of hydrogen-bond donors (Lipinski definition) is 1. The number of nitrogens with zero attached hydrogens (tertiary/aromatic N) is 1. The Labute approximate surface area is 127 Å². The average Bonchev–Trinajstić information content (AvgIpc) is 2.42. The Hall–Kier alpha value is -1.85. The van der Waals surface area contributed by atoms with Gasteiger partial charge in [-0.05, 0) is 19.4 Å². The van der Waals surface area contributed by atoms with Crippen LogP contribution in [0, 0.1) is 6.92 Å². The first-order chi connectivity index (χ1) is 10.0. The number of ether oxygens (including phenoxy) is 1. The molecule has 21 heavy (non-hydrogen) atoms. The van der Waals surface area contributed by atoms with Gasteiger partial charge in [-0.15, -0.1) is 0 Å². The van der Waals surface area contributed by atoms with Crippen molar-refractivity contribution >= 4 is 11.6 Å². The Bertz CT molecular complexity index is 749. The third kappa shape index (κ3) is 3.43. The lowest BCUT2D eigenvalue weighted by Crippen LogP contribution is -2.37. The van der Waals surface area contributed by atoms with E-state index in [1.54, 1.807) is 6.07 Å². The molecule has 0 fully saturated rings. The van der Waals surface area contributed by atoms with E-state index in [-0.39, 0.29) is 11.7 Å². The zero-order valence-corrected chi connectivity index (χ0v) is 12.7. The molecule has 112 valence electrons. The molecule has 1 N–H and O–H groups in total. The van der Waals surface area contributed by atoms with Crippen LogP contribution in [0.15, 0.2) is 33.9 Å². The molecule has 1 aromatic heterocycles. The van der Waals surface area contributed by atoms with E-state index in [4.69, 9.17) is 16.3 Å². The lowest BCUT2D eigenvalue weighted by Gasteiger charge is -2.09. The molecule has 0 radical (unpaired) electrons. The number of hydrogen-bond acceptors (Lipinski definition) is 3. The van der Waals surface area contributed by atoms with Crippen molar-refractivity contribution in [2.24, 2.45) is 0 Å². The van der Waals surface area contributed by atoms with Crippen LogP contribution in [0.2, 0.25) is 5.15 Å². The fraction of sp³-hybridized carbons (Fsp3) is 0.333. The summed E-state index contributed by atoms with van der Waals surface area (Å²) in [6, 6.07) is 7.42. The van der Waals surface area contributed by atoms with Gasteiger partial charge >= 0.3 is 5.69 Å². The van der Waals surface area contributed by atoms with E-state index < -0.39 is 11.2 Å². The van der Waals surface area contributed by atoms with E-state index >= 15 is 0 Å². The van der Waals surface area contributed by atoms with Crippen molar-refractivity contribution in [2.45, 2.75) is 20.4 Å². The van der Waals surface area contributed by atoms with Crippen molar-refractivity contribution < 1.29 is 4.74 Å². The fourth-order valence-corrected chi connectivity index (χ4v) is 2.37. The minimum absolute atomic E-state index is 0.0586. The van der Waals surface area contributed by atoms with Crippen LogP contribution in [0.25, 0.3) is 11.1 Å². The summed E-state index contributed by atoms with van der Waals surface area (Å²) in [5, 5.41) is 0.0586. The SMILES string of the molecule is CCOCCn1c(=O)[nH]c(Cl)c(-c2cccc(C)c2)c1=O. The minimum atomic E-state index is -0.527. The molecule has 0 atom stereocenters. The molecular weight excluding hydrogens is 292 g/mol. The quantitative estimate of drug-likeness (QED) is 0.680. The first kappa shape index (κ1) is 15.5. The highest BCUT2D eigenvalue weighted by atomic mass is 35.5. The second-order valence-corrected chi connectivity index (χ2v) is 5.02. The van der Waals surface area contributed by atoms with Gasteiger partial charge < -0.3 is 4.74 Å². The number of benzene rings is 1. The first-order valence-electron chi connectivity index (χ1n) is 6.72. The van der Waals surface area contributed by atoms with Crippen molar-refractivity contribution in [2.75, 3.05) is 13.2 Å². The number of nitrogens with one attached hydrogen (secondary N) is 1. The Morgan fingerprint density at radius 3 is 2.76 bits per heavy atom. The molecule has 2 rings (SSSR count). The number of rotatable bonds is 5. The van der Waals surface area contributed by atoms with Gasteiger partial charge in [-0.25, -0.2) is 4.79 Å². The summed E-state index contributed by atoms with van der Waals surface area (Å²) in [4.78, 5) is 26.9. The number of aryl methyl sites for hydroxylation is 1. The van der Waals surface area contributed by atoms with E-state index in [9.17, 15) is 9.59 Å². The van der Waals surface area contributed by atoms with E-state index in [0.29, 0.717) is 24.3 Å². The molecule has 0 unspecified atom stereocenters. The van der Waals surface area contributed by atoms with Gasteiger partial charge in [-0.2, -0.15) is 0 Å². The number of H-pyrrole nitrogens is 1. The second kappa shape index (κ2) is 6.74. The van der Waals surface area contributed by atoms with E-state index in [2.05, 4.69) is 4.98 Å². The molecule has 0 aliphatic carbocycles. The molecule has 0 amide bonds. The van der Waals surface area contributed by atoms with Crippen LogP contribution in [0.1, 0.15) is 12.5 Å². The van der Waals surface area contributed by atoms with Crippen molar-refractivity contribution in [1.82, 2.24) is 9.55 Å². The molecule has 6 heteroatoms. The summed E-state index contributed by atoms with van der Waals surface area (Å²) in [7, 11) is 0. The van der Waals surface area contributed by atoms with Gasteiger partial charge in [-0.1, -0.05) is 41.4 Å². The largest absolute Gasteiger partial charge is 0.380 e. The molecule has 5 nitrogen and oxygen atoms in total. The van der Waals surface area contributed by atoms with Crippen molar-refractivity contribution in [3.8, 4) is 11.1 Å². The van der Waals surface area contributed by atoms with Crippen molar-refractivity contribution in [3.05, 3.63) is 55.8 Å². The van der Waals surface area contributed by atoms with Gasteiger partial charge in [0.15, 0.2) is 0 Å². The highest BCUT2D eigenvalue weighted by Gasteiger charge is 2.14. The molecule has 0 saturated carbocycles. The first-order valence-corrected chi connectivity index (χ1v) is 7.09. The van der Waals surface area contributed by atoms with Crippen LogP contribution >= 0.6 is 11.6 Å². The third-order valence-electron chi connectivity index (χ3n) is 3.11. The van der Waals surface area contributed by atoms with Crippen LogP contribution in [-0.4, -0.2) is 22.8 Å². The van der Waals surface area contributed by atoms with E-state index in [1.807, 2.05) is 32.0 Å². The predicted octanol–water partition coefficient (Wildman–Crippen LogP) is 2.20. The second-order valence-electron chi connectivity index (χ2n) is 4.64. The summed E-state index contributed by atoms with van der Waals surface area (Å²) in [5.41, 5.74) is 1.06. The summed E-state index contributed by atoms with van der Waals surface area (Å²) in [5.74, 6) is 0. The zero-order chi connectivity index (χ0) is 15.4. The van der Waals surface area contributed by atoms with Crippen LogP contribution in [-0.2, 0) is 11.3 Å². The lowest BCUT2D eigenvalue weighted by molar-refractivity contribution is 0.137. The van der Waals surface area contributed by atoms with Gasteiger partial charge in [0.05, 0.1) is 18.7 Å². The van der Waals surface area contributed by atoms with E-state index in [1.165, 1.54) is 0 Å². The Balaban J connectivity index is 2.54. The molecule has 0 spiro atoms. The Kier molecular flexibility index (Phi) is 4.98. The number of aromatic nitrogens is 2. The smallest absolute Gasteiger partial charge is 0.329 e. The normalized spacial score (nSPS) is 10.8. The fourth-order valence-electron chi connectivity index (χ4n) is 2.10. The standard InChI is InChI=1S/C15H17ClN2O3/c1-3-21-8-7-18-14(19)12(13(16)17-15(18)20)11-6-4-5-10(2)9-11/h4-6,9H,3,7-8H2,1-2H3,(H,17,20). The monoisotopic (exact) mass is 308 g/mol. The minimum Gasteiger partial charge on any atom is -0.380 e. The average molecular weight is 309 g/mol. The summed E-state index contributed by atoms with van der Waals surface area (Å²) < 4.78 is 6.31. The molecule has 0 aliphatic heterocycles. The Morgan fingerprint density at radius 1 is 1.33 bits per heavy atom. The van der Waals surface area contributed by atoms with Gasteiger partial charge in [0.2, 0.25) is 0 Å². The maximum Gasteiger partial charge on any atom is 0.329 e. The summed E-state index contributed by atoms with van der Waals surface area (Å²) in [6.45, 7) is 4.81. The molecule has 0 saturated heterocycles. The molecule has 1 heterocycles. The molecule has 0 aliphatic rings. The molecule has 2 aromatic rings. The highest BCUT2D eigenvalue weighted by Crippen LogP contribution is 2.22. The zero-order valence-electron chi connectivity index (χ0n) is 12.0. The van der Waals surface area contributed by atoms with Gasteiger partial charge in [0, 0.05) is 6.61 Å². The lowest BCUT2D eigenvalue weighted by atomic mass is 10.1. The highest BCUT2D eigenvalue weighted by molar-refractivity contribution is 6.32. The van der Waals surface area contributed by atoms with Crippen LogP contribution in [0.3, 0.4) is 0 Å². The van der Waals surface area contributed by atoms with Crippen LogP contribution < -0.4 is 11.2 Å². The third-order valence-corrected chi connectivity index (χ3v) is 3.39. The van der Waals surface area contributed by atoms with Gasteiger partial charge in [0.25, 0.3) is 5.56 Å². The topological polar surface area (TPSA) is 64.1 Å². The van der Waals surface area contributed by atoms with E-state index in [0.717, 1.165) is 10.1 Å². The predicted molar refractivity (Wildman–Crippen MR) is 83.0 cm³/mol. The molecule has 0 bridgehead atoms. The van der Waals surface area contributed by atoms with Crippen LogP contribution in [0.5, 0.6) is 0 Å². The van der Waals surface area contributed by atoms with Crippen molar-refractivity contribution in [1.29, 1.82) is 0 Å². The van der Waals surface area contributed by atoms with Gasteiger partial charge in [-0.3, -0.25) is 14.3 Å². The summed E-state index contributed by atoms with van der Waals surface area (Å²) >= 11 is 6.05. The van der Waals surface area contributed by atoms with Gasteiger partial charge in [0.1, 0.15) is 5.15 Å². The molecular formula is C15H17ClN2O3.